The van der Waals surface area contributed by atoms with Crippen LogP contribution in [0.3, 0.4) is 0 Å². The zero-order chi connectivity index (χ0) is 7.21. The van der Waals surface area contributed by atoms with Gasteiger partial charge in [0.05, 0.1) is 0 Å². The zero-order valence-corrected chi connectivity index (χ0v) is 5.22. The first-order valence-electron chi connectivity index (χ1n) is 1.61. The Hall–Kier alpha value is -0.320. The molecule has 0 aromatic rings. The van der Waals surface area contributed by atoms with Gasteiger partial charge in [0.2, 0.25) is 11.2 Å². The van der Waals surface area contributed by atoms with E-state index in [2.05, 4.69) is 12.3 Å². The number of rotatable bonds is 0. The molecule has 0 aromatic carbocycles. The van der Waals surface area contributed by atoms with Gasteiger partial charge in [0.1, 0.15) is 0 Å². The van der Waals surface area contributed by atoms with Gasteiger partial charge in [-0.3, -0.25) is 0 Å². The molecule has 0 aliphatic heterocycles. The van der Waals surface area contributed by atoms with E-state index in [0.717, 1.165) is 0 Å². The number of nitrogens with two attached hydrogens (primary N) is 1. The Bertz CT molecular complexity index is 54.0. The van der Waals surface area contributed by atoms with Gasteiger partial charge in [-0.25, -0.2) is 0 Å². The van der Waals surface area contributed by atoms with Gasteiger partial charge in [-0.2, -0.15) is 0 Å². The molecule has 0 unspecified atom stereocenters. The predicted octanol–water partition coefficient (Wildman–Crippen LogP) is 2.16. The van der Waals surface area contributed by atoms with Gasteiger partial charge in [0.15, 0.2) is 0 Å². The van der Waals surface area contributed by atoms with Gasteiger partial charge in [0.25, 0.3) is 0 Å². The van der Waals surface area contributed by atoms with Crippen molar-refractivity contribution in [2.24, 2.45) is 5.73 Å². The van der Waals surface area contributed by atoms with Crippen molar-refractivity contribution in [2.45, 2.75) is 0 Å². The average Bonchev–Trinajstić information content (AvgIpc) is 1.27. The van der Waals surface area contributed by atoms with Crippen molar-refractivity contribution in [1.82, 2.24) is 0 Å². The average molecular weight is 147 g/mol. The van der Waals surface area contributed by atoms with Crippen LogP contribution in [0.15, 0.2) is 12.8 Å². The first kappa shape index (κ1) is 10.6. The summed E-state index contributed by atoms with van der Waals surface area (Å²) in [4.78, 5) is 0. The van der Waals surface area contributed by atoms with E-state index in [1.807, 2.05) is 0 Å². The van der Waals surface area contributed by atoms with Crippen molar-refractivity contribution >= 4 is 11.2 Å². The lowest BCUT2D eigenvalue weighted by molar-refractivity contribution is 0.647. The van der Waals surface area contributed by atoms with Crippen LogP contribution in [0, 0.1) is 0 Å². The van der Waals surface area contributed by atoms with E-state index in [4.69, 9.17) is 0 Å². The van der Waals surface area contributed by atoms with Crippen molar-refractivity contribution in [2.75, 3.05) is 6.26 Å². The number of halogens is 3. The SMILES string of the molecule is C=CN.CS(F)(F)F. The van der Waals surface area contributed by atoms with Gasteiger partial charge in [-0.15, -0.1) is 11.7 Å². The van der Waals surface area contributed by atoms with Gasteiger partial charge in [-0.05, 0) is 6.20 Å². The minimum Gasteiger partial charge on any atom is -0.405 e. The summed E-state index contributed by atoms with van der Waals surface area (Å²) >= 11 is -4.67. The maximum Gasteiger partial charge on any atom is 0.206 e. The summed E-state index contributed by atoms with van der Waals surface area (Å²) in [5.41, 5.74) is 4.61. The van der Waals surface area contributed by atoms with Crippen LogP contribution >= 0.6 is 11.2 Å². The Morgan fingerprint density at radius 3 is 1.50 bits per heavy atom. The van der Waals surface area contributed by atoms with Crippen molar-refractivity contribution < 1.29 is 11.7 Å². The Morgan fingerprint density at radius 2 is 1.50 bits per heavy atom. The Kier molecular flexibility index (Phi) is 6.41. The Labute approximate surface area is 48.6 Å². The highest BCUT2D eigenvalue weighted by Crippen LogP contribution is 2.48. The van der Waals surface area contributed by atoms with Gasteiger partial charge in [0, 0.05) is 6.26 Å². The zero-order valence-electron chi connectivity index (χ0n) is 4.40. The fourth-order valence-corrected chi connectivity index (χ4v) is 0. The molecule has 1 nitrogen and oxygen atoms in total. The normalized spacial score (nSPS) is 11.0. The second-order valence-corrected chi connectivity index (χ2v) is 2.15. The van der Waals surface area contributed by atoms with E-state index in [1.54, 1.807) is 0 Å². The molecule has 0 aliphatic carbocycles. The molecule has 0 radical (unpaired) electrons. The van der Waals surface area contributed by atoms with Crippen LogP contribution in [0.4, 0.5) is 11.7 Å². The van der Waals surface area contributed by atoms with E-state index < -0.39 is 11.2 Å². The lowest BCUT2D eigenvalue weighted by Gasteiger charge is -1.94. The minimum atomic E-state index is -4.67. The fourth-order valence-electron chi connectivity index (χ4n) is 0. The molecule has 0 atom stereocenters. The maximum atomic E-state index is 10.4. The summed E-state index contributed by atoms with van der Waals surface area (Å²) in [5.74, 6) is 0. The molecule has 0 spiro atoms. The molecule has 0 bridgehead atoms. The van der Waals surface area contributed by atoms with E-state index in [9.17, 15) is 11.7 Å². The van der Waals surface area contributed by atoms with Gasteiger partial charge < -0.3 is 5.73 Å². The molecule has 0 saturated carbocycles. The third-order valence-electron chi connectivity index (χ3n) is 0. The van der Waals surface area contributed by atoms with Crippen molar-refractivity contribution in [3.05, 3.63) is 12.8 Å². The monoisotopic (exact) mass is 147 g/mol. The number of hydrogen-bond donors (Lipinski definition) is 1. The first-order valence-corrected chi connectivity index (χ1v) is 3.36. The Balaban J connectivity index is 0. The first-order chi connectivity index (χ1) is 3.41. The fraction of sp³-hybridized carbons (Fsp3) is 0.333. The second-order valence-electron chi connectivity index (χ2n) is 0.874. The van der Waals surface area contributed by atoms with Crippen LogP contribution in [0.2, 0.25) is 0 Å². The molecule has 0 aliphatic rings. The molecule has 0 rings (SSSR count). The quantitative estimate of drug-likeness (QED) is 0.558. The highest BCUT2D eigenvalue weighted by molar-refractivity contribution is 8.20. The molecule has 0 saturated heterocycles. The van der Waals surface area contributed by atoms with Crippen LogP contribution < -0.4 is 5.73 Å². The smallest absolute Gasteiger partial charge is 0.206 e. The van der Waals surface area contributed by atoms with E-state index in [0.29, 0.717) is 0 Å². The standard InChI is InChI=1S/C2H5N.CH3F3S/c1-2-3;1-5(2,3)4/h2H,1,3H2;1H3. The molecule has 0 amide bonds. The van der Waals surface area contributed by atoms with Gasteiger partial charge in [-0.1, -0.05) is 6.58 Å². The highest BCUT2D eigenvalue weighted by atomic mass is 32.3. The van der Waals surface area contributed by atoms with Crippen LogP contribution in [-0.2, 0) is 0 Å². The highest BCUT2D eigenvalue weighted by Gasteiger charge is 2.07. The third-order valence-corrected chi connectivity index (χ3v) is 0. The lowest BCUT2D eigenvalue weighted by atomic mass is 11.1. The maximum absolute atomic E-state index is 10.4. The summed E-state index contributed by atoms with van der Waals surface area (Å²) in [6.07, 6.45) is 1.52. The van der Waals surface area contributed by atoms with Gasteiger partial charge >= 0.3 is 0 Å². The summed E-state index contributed by atoms with van der Waals surface area (Å²) in [5, 5.41) is 0. The van der Waals surface area contributed by atoms with Crippen molar-refractivity contribution in [3.63, 3.8) is 0 Å². The van der Waals surface area contributed by atoms with E-state index >= 15 is 0 Å². The molecular weight excluding hydrogens is 139 g/mol. The van der Waals surface area contributed by atoms with Crippen molar-refractivity contribution in [3.8, 4) is 0 Å². The lowest BCUT2D eigenvalue weighted by Crippen LogP contribution is -1.67. The molecule has 2 N–H and O–H groups in total. The third kappa shape index (κ3) is 1210. The molecule has 0 aromatic heterocycles. The summed E-state index contributed by atoms with van der Waals surface area (Å²) in [7, 11) is 0. The van der Waals surface area contributed by atoms with E-state index in [1.165, 1.54) is 6.20 Å². The molecular formula is C3H8F3NS. The molecule has 0 fully saturated rings. The van der Waals surface area contributed by atoms with Crippen molar-refractivity contribution in [1.29, 1.82) is 0 Å². The molecule has 8 heavy (non-hydrogen) atoms. The predicted molar refractivity (Wildman–Crippen MR) is 31.2 cm³/mol. The van der Waals surface area contributed by atoms with Crippen LogP contribution in [-0.4, -0.2) is 6.26 Å². The Morgan fingerprint density at radius 1 is 1.50 bits per heavy atom. The molecule has 0 heterocycles. The van der Waals surface area contributed by atoms with E-state index in [-0.39, 0.29) is 6.26 Å². The van der Waals surface area contributed by atoms with Crippen LogP contribution in [0.25, 0.3) is 0 Å². The molecule has 5 heteroatoms. The number of hydrogen-bond acceptors (Lipinski definition) is 1. The summed E-state index contributed by atoms with van der Waals surface area (Å²) < 4.78 is 31.3. The topological polar surface area (TPSA) is 26.0 Å². The second kappa shape index (κ2) is 4.83. The van der Waals surface area contributed by atoms with Crippen LogP contribution in [0.1, 0.15) is 0 Å². The largest absolute Gasteiger partial charge is 0.405 e. The summed E-state index contributed by atoms with van der Waals surface area (Å²) in [6.45, 7) is 3.14. The molecule has 52 valence electrons. The van der Waals surface area contributed by atoms with Crippen LogP contribution in [0.5, 0.6) is 0 Å². The summed E-state index contributed by atoms with van der Waals surface area (Å²) in [6, 6.07) is 0. The minimum absolute atomic E-state index is 0.271.